The first-order valence-electron chi connectivity index (χ1n) is 4.56. The molecule has 0 aromatic heterocycles. The molecule has 5 heteroatoms. The number of aliphatic hydroxyl groups excluding tert-OH is 1. The number of ether oxygens (including phenoxy) is 1. The van der Waals surface area contributed by atoms with Crippen LogP contribution in [0.25, 0.3) is 0 Å². The molecule has 82 valence electrons. The zero-order chi connectivity index (χ0) is 11.3. The van der Waals surface area contributed by atoms with Gasteiger partial charge in [0.15, 0.2) is 0 Å². The maximum Gasteiger partial charge on any atom is 0.150 e. The summed E-state index contributed by atoms with van der Waals surface area (Å²) in [7, 11) is 3.33. The molecule has 0 bridgehead atoms. The minimum atomic E-state index is 0.0759. The number of aliphatic hydroxyl groups is 1. The van der Waals surface area contributed by atoms with Gasteiger partial charge in [0.1, 0.15) is 11.4 Å². The van der Waals surface area contributed by atoms with Crippen molar-refractivity contribution in [1.82, 2.24) is 0 Å². The number of likely N-dealkylation sites (N-methyl/N-ethyl adjacent to an activating group) is 1. The van der Waals surface area contributed by atoms with Gasteiger partial charge in [0, 0.05) is 25.3 Å². The summed E-state index contributed by atoms with van der Waals surface area (Å²) in [5, 5.41) is 11.6. The summed E-state index contributed by atoms with van der Waals surface area (Å²) in [5.74, 6) is 0.437. The van der Waals surface area contributed by atoms with Crippen LogP contribution in [0.1, 0.15) is 0 Å². The van der Waals surface area contributed by atoms with E-state index in [1.54, 1.807) is 18.2 Å². The highest BCUT2D eigenvalue weighted by Gasteiger charge is 2.07. The fraction of sp³-hybridized carbons (Fsp3) is 0.400. The molecule has 1 aromatic carbocycles. The van der Waals surface area contributed by atoms with Crippen molar-refractivity contribution in [1.29, 1.82) is 0 Å². The first-order valence-corrected chi connectivity index (χ1v) is 4.56. The quantitative estimate of drug-likeness (QED) is 0.748. The molecule has 0 heterocycles. The maximum atomic E-state index is 10.4. The van der Waals surface area contributed by atoms with Gasteiger partial charge in [-0.1, -0.05) is 0 Å². The lowest BCUT2D eigenvalue weighted by Crippen LogP contribution is -2.20. The van der Waals surface area contributed by atoms with Crippen LogP contribution in [0.3, 0.4) is 0 Å². The summed E-state index contributed by atoms with van der Waals surface area (Å²) in [5.41, 5.74) is 1.15. The lowest BCUT2D eigenvalue weighted by atomic mass is 10.2. The van der Waals surface area contributed by atoms with Gasteiger partial charge >= 0.3 is 0 Å². The third-order valence-electron chi connectivity index (χ3n) is 2.14. The van der Waals surface area contributed by atoms with Crippen LogP contribution in [0, 0.1) is 4.91 Å². The van der Waals surface area contributed by atoms with Gasteiger partial charge in [0.25, 0.3) is 0 Å². The highest BCUT2D eigenvalue weighted by molar-refractivity contribution is 5.61. The second-order valence-corrected chi connectivity index (χ2v) is 3.09. The standard InChI is InChI=1S/C10H14N2O3/c1-12(5-6-13)8-3-4-9(11-14)10(7-8)15-2/h3-4,7,13H,5-6H2,1-2H3. The molecule has 5 nitrogen and oxygen atoms in total. The molecule has 0 aliphatic carbocycles. The third kappa shape index (κ3) is 2.66. The first kappa shape index (κ1) is 11.5. The molecule has 0 fully saturated rings. The van der Waals surface area contributed by atoms with Gasteiger partial charge in [0.05, 0.1) is 13.7 Å². The Balaban J connectivity index is 2.97. The van der Waals surface area contributed by atoms with E-state index in [0.717, 1.165) is 5.69 Å². The van der Waals surface area contributed by atoms with E-state index in [1.807, 2.05) is 11.9 Å². The van der Waals surface area contributed by atoms with Crippen LogP contribution in [0.5, 0.6) is 5.75 Å². The smallest absolute Gasteiger partial charge is 0.150 e. The number of hydrogen-bond donors (Lipinski definition) is 1. The van der Waals surface area contributed by atoms with E-state index in [-0.39, 0.29) is 12.3 Å². The van der Waals surface area contributed by atoms with Gasteiger partial charge in [-0.2, -0.15) is 0 Å². The minimum absolute atomic E-state index is 0.0759. The van der Waals surface area contributed by atoms with E-state index in [1.165, 1.54) is 7.11 Å². The Morgan fingerprint density at radius 3 is 2.80 bits per heavy atom. The summed E-state index contributed by atoms with van der Waals surface area (Å²) in [4.78, 5) is 12.3. The van der Waals surface area contributed by atoms with Gasteiger partial charge in [-0.05, 0) is 17.3 Å². The Morgan fingerprint density at radius 1 is 1.53 bits per heavy atom. The highest BCUT2D eigenvalue weighted by atomic mass is 16.5. The van der Waals surface area contributed by atoms with Gasteiger partial charge < -0.3 is 14.7 Å². The maximum absolute atomic E-state index is 10.4. The van der Waals surface area contributed by atoms with Crippen molar-refractivity contribution in [2.24, 2.45) is 5.18 Å². The number of nitrogens with zero attached hydrogens (tertiary/aromatic N) is 2. The van der Waals surface area contributed by atoms with Gasteiger partial charge in [0.2, 0.25) is 0 Å². The van der Waals surface area contributed by atoms with Crippen molar-refractivity contribution in [3.8, 4) is 5.75 Å². The lowest BCUT2D eigenvalue weighted by Gasteiger charge is -2.18. The number of hydrogen-bond acceptors (Lipinski definition) is 5. The van der Waals surface area contributed by atoms with Crippen LogP contribution in [0.15, 0.2) is 23.4 Å². The molecule has 0 unspecified atom stereocenters. The number of anilines is 1. The van der Waals surface area contributed by atoms with E-state index >= 15 is 0 Å². The average molecular weight is 210 g/mol. The van der Waals surface area contributed by atoms with Crippen molar-refractivity contribution < 1.29 is 9.84 Å². The highest BCUT2D eigenvalue weighted by Crippen LogP contribution is 2.31. The third-order valence-corrected chi connectivity index (χ3v) is 2.14. The molecule has 0 atom stereocenters. The zero-order valence-corrected chi connectivity index (χ0v) is 8.80. The number of nitroso groups, excluding NO2 is 1. The molecule has 0 aliphatic rings. The Labute approximate surface area is 88.3 Å². The number of methoxy groups -OCH3 is 1. The van der Waals surface area contributed by atoms with Crippen molar-refractivity contribution in [2.75, 3.05) is 32.2 Å². The summed E-state index contributed by atoms with van der Waals surface area (Å²) < 4.78 is 5.02. The van der Waals surface area contributed by atoms with Gasteiger partial charge in [-0.25, -0.2) is 0 Å². The Bertz CT molecular complexity index is 341. The van der Waals surface area contributed by atoms with Crippen molar-refractivity contribution in [3.63, 3.8) is 0 Å². The Hall–Kier alpha value is -1.62. The van der Waals surface area contributed by atoms with Crippen LogP contribution in [0.2, 0.25) is 0 Å². The predicted molar refractivity (Wildman–Crippen MR) is 58.8 cm³/mol. The predicted octanol–water partition coefficient (Wildman–Crippen LogP) is 1.52. The van der Waals surface area contributed by atoms with Crippen molar-refractivity contribution in [2.45, 2.75) is 0 Å². The first-order chi connectivity index (χ1) is 7.22. The summed E-state index contributed by atoms with van der Waals surface area (Å²) in [6, 6.07) is 5.07. The second-order valence-electron chi connectivity index (χ2n) is 3.09. The molecule has 0 saturated heterocycles. The minimum Gasteiger partial charge on any atom is -0.494 e. The van der Waals surface area contributed by atoms with E-state index in [0.29, 0.717) is 12.3 Å². The molecular weight excluding hydrogens is 196 g/mol. The largest absolute Gasteiger partial charge is 0.494 e. The van der Waals surface area contributed by atoms with E-state index in [4.69, 9.17) is 9.84 Å². The molecule has 1 rings (SSSR count). The van der Waals surface area contributed by atoms with E-state index in [9.17, 15) is 4.91 Å². The SMILES string of the molecule is COc1cc(N(C)CCO)ccc1N=O. The van der Waals surface area contributed by atoms with Crippen LogP contribution in [0.4, 0.5) is 11.4 Å². The molecule has 0 amide bonds. The monoisotopic (exact) mass is 210 g/mol. The zero-order valence-electron chi connectivity index (χ0n) is 8.80. The van der Waals surface area contributed by atoms with Crippen LogP contribution in [-0.4, -0.2) is 32.4 Å². The average Bonchev–Trinajstić information content (AvgIpc) is 2.28. The number of rotatable bonds is 5. The molecule has 1 N–H and O–H groups in total. The van der Waals surface area contributed by atoms with Crippen molar-refractivity contribution in [3.05, 3.63) is 23.1 Å². The summed E-state index contributed by atoms with van der Waals surface area (Å²) in [6.45, 7) is 0.601. The van der Waals surface area contributed by atoms with E-state index in [2.05, 4.69) is 5.18 Å². The topological polar surface area (TPSA) is 62.1 Å². The normalized spacial score (nSPS) is 9.80. The molecular formula is C10H14N2O3. The number of benzene rings is 1. The van der Waals surface area contributed by atoms with E-state index < -0.39 is 0 Å². The van der Waals surface area contributed by atoms with Crippen molar-refractivity contribution >= 4 is 11.4 Å². The second kappa shape index (κ2) is 5.31. The molecule has 0 radical (unpaired) electrons. The summed E-state index contributed by atoms with van der Waals surface area (Å²) >= 11 is 0. The molecule has 0 spiro atoms. The van der Waals surface area contributed by atoms with Crippen LogP contribution in [-0.2, 0) is 0 Å². The fourth-order valence-electron chi connectivity index (χ4n) is 1.26. The Morgan fingerprint density at radius 2 is 2.27 bits per heavy atom. The fourth-order valence-corrected chi connectivity index (χ4v) is 1.26. The Kier molecular flexibility index (Phi) is 4.05. The van der Waals surface area contributed by atoms with Crippen LogP contribution >= 0.6 is 0 Å². The molecule has 1 aromatic rings. The van der Waals surface area contributed by atoms with Crippen LogP contribution < -0.4 is 9.64 Å². The lowest BCUT2D eigenvalue weighted by molar-refractivity contribution is 0.304. The van der Waals surface area contributed by atoms with Gasteiger partial charge in [-0.3, -0.25) is 0 Å². The molecule has 0 aliphatic heterocycles. The summed E-state index contributed by atoms with van der Waals surface area (Å²) in [6.07, 6.45) is 0. The molecule has 15 heavy (non-hydrogen) atoms. The van der Waals surface area contributed by atoms with Gasteiger partial charge in [-0.15, -0.1) is 4.91 Å². The molecule has 0 saturated carbocycles.